The molecule has 124 valence electrons. The van der Waals surface area contributed by atoms with Crippen molar-refractivity contribution in [1.29, 1.82) is 0 Å². The summed E-state index contributed by atoms with van der Waals surface area (Å²) < 4.78 is 5.71. The predicted octanol–water partition coefficient (Wildman–Crippen LogP) is 4.52. The van der Waals surface area contributed by atoms with Gasteiger partial charge in [0.15, 0.2) is 0 Å². The van der Waals surface area contributed by atoms with E-state index in [2.05, 4.69) is 55.2 Å². The Kier molecular flexibility index (Phi) is 4.38. The molecule has 0 saturated carbocycles. The second kappa shape index (κ2) is 6.48. The second-order valence-corrected chi connectivity index (χ2v) is 6.99. The standard InChI is InChI=1S/C20H22N2O2/c1-20(2,3)16-9-4-14(5-10-16)6-13-18-21-22-19(24-18)15-7-11-17(23)12-8-15/h4-5,7-12,23H,6,13H2,1-3H3. The fraction of sp³-hybridized carbons (Fsp3) is 0.300. The smallest absolute Gasteiger partial charge is 0.247 e. The summed E-state index contributed by atoms with van der Waals surface area (Å²) in [4.78, 5) is 0. The van der Waals surface area contributed by atoms with Gasteiger partial charge in [0.1, 0.15) is 5.75 Å². The Labute approximate surface area is 142 Å². The van der Waals surface area contributed by atoms with Gasteiger partial charge < -0.3 is 9.52 Å². The van der Waals surface area contributed by atoms with Crippen LogP contribution in [-0.2, 0) is 18.3 Å². The number of nitrogens with zero attached hydrogens (tertiary/aromatic N) is 2. The topological polar surface area (TPSA) is 59.2 Å². The fourth-order valence-electron chi connectivity index (χ4n) is 2.50. The number of rotatable bonds is 4. The quantitative estimate of drug-likeness (QED) is 0.767. The van der Waals surface area contributed by atoms with Gasteiger partial charge >= 0.3 is 0 Å². The van der Waals surface area contributed by atoms with E-state index >= 15 is 0 Å². The van der Waals surface area contributed by atoms with Gasteiger partial charge in [0.05, 0.1) is 0 Å². The minimum Gasteiger partial charge on any atom is -0.508 e. The minimum absolute atomic E-state index is 0.171. The molecule has 4 nitrogen and oxygen atoms in total. The Balaban J connectivity index is 1.64. The third-order valence-corrected chi connectivity index (χ3v) is 4.03. The van der Waals surface area contributed by atoms with E-state index in [1.165, 1.54) is 11.1 Å². The van der Waals surface area contributed by atoms with Crippen LogP contribution in [0.2, 0.25) is 0 Å². The van der Waals surface area contributed by atoms with Crippen molar-refractivity contribution in [2.75, 3.05) is 0 Å². The second-order valence-electron chi connectivity index (χ2n) is 6.99. The average Bonchev–Trinajstić information content (AvgIpc) is 3.02. The number of phenols is 1. The summed E-state index contributed by atoms with van der Waals surface area (Å²) in [6.45, 7) is 6.64. The molecule has 0 aliphatic rings. The first-order chi connectivity index (χ1) is 11.4. The summed E-state index contributed by atoms with van der Waals surface area (Å²) in [5.41, 5.74) is 3.57. The highest BCUT2D eigenvalue weighted by molar-refractivity contribution is 5.53. The molecule has 4 heteroatoms. The van der Waals surface area contributed by atoms with Gasteiger partial charge in [0, 0.05) is 12.0 Å². The van der Waals surface area contributed by atoms with Crippen molar-refractivity contribution in [3.63, 3.8) is 0 Å². The number of hydrogen-bond acceptors (Lipinski definition) is 4. The maximum Gasteiger partial charge on any atom is 0.247 e. The van der Waals surface area contributed by atoms with Gasteiger partial charge in [0.2, 0.25) is 11.8 Å². The molecule has 0 fully saturated rings. The molecule has 0 aliphatic heterocycles. The van der Waals surface area contributed by atoms with Crippen LogP contribution in [0.4, 0.5) is 0 Å². The van der Waals surface area contributed by atoms with E-state index in [0.717, 1.165) is 12.0 Å². The molecular weight excluding hydrogens is 300 g/mol. The summed E-state index contributed by atoms with van der Waals surface area (Å²) in [7, 11) is 0. The van der Waals surface area contributed by atoms with Crippen molar-refractivity contribution in [3.05, 3.63) is 65.5 Å². The molecule has 0 unspecified atom stereocenters. The number of phenolic OH excluding ortho intramolecular Hbond substituents is 1. The van der Waals surface area contributed by atoms with Crippen LogP contribution in [0.1, 0.15) is 37.8 Å². The zero-order chi connectivity index (χ0) is 17.2. The molecular formula is C20H22N2O2. The van der Waals surface area contributed by atoms with Gasteiger partial charge in [0.25, 0.3) is 0 Å². The molecule has 0 spiro atoms. The maximum absolute atomic E-state index is 9.32. The molecule has 0 radical (unpaired) electrons. The fourth-order valence-corrected chi connectivity index (χ4v) is 2.50. The van der Waals surface area contributed by atoms with Crippen LogP contribution in [-0.4, -0.2) is 15.3 Å². The van der Waals surface area contributed by atoms with E-state index < -0.39 is 0 Å². The Morgan fingerprint density at radius 3 is 2.17 bits per heavy atom. The normalized spacial score (nSPS) is 11.6. The lowest BCUT2D eigenvalue weighted by molar-refractivity contribution is 0.475. The van der Waals surface area contributed by atoms with Crippen LogP contribution in [0, 0.1) is 0 Å². The average molecular weight is 322 g/mol. The Morgan fingerprint density at radius 1 is 0.875 bits per heavy atom. The van der Waals surface area contributed by atoms with Crippen molar-refractivity contribution < 1.29 is 9.52 Å². The minimum atomic E-state index is 0.171. The van der Waals surface area contributed by atoms with Gasteiger partial charge in [-0.25, -0.2) is 0 Å². The highest BCUT2D eigenvalue weighted by atomic mass is 16.4. The van der Waals surface area contributed by atoms with E-state index in [9.17, 15) is 5.11 Å². The first kappa shape index (κ1) is 16.2. The highest BCUT2D eigenvalue weighted by Gasteiger charge is 2.13. The molecule has 0 atom stereocenters. The third kappa shape index (κ3) is 3.82. The van der Waals surface area contributed by atoms with E-state index in [4.69, 9.17) is 4.42 Å². The summed E-state index contributed by atoms with van der Waals surface area (Å²) >= 11 is 0. The molecule has 3 rings (SSSR count). The zero-order valence-electron chi connectivity index (χ0n) is 14.3. The van der Waals surface area contributed by atoms with Gasteiger partial charge in [-0.3, -0.25) is 0 Å². The Bertz CT molecular complexity index is 797. The third-order valence-electron chi connectivity index (χ3n) is 4.03. The van der Waals surface area contributed by atoms with Crippen molar-refractivity contribution >= 4 is 0 Å². The first-order valence-electron chi connectivity index (χ1n) is 8.13. The summed E-state index contributed by atoms with van der Waals surface area (Å²) in [6.07, 6.45) is 1.57. The van der Waals surface area contributed by atoms with Crippen molar-refractivity contribution in [1.82, 2.24) is 10.2 Å². The van der Waals surface area contributed by atoms with Gasteiger partial charge in [-0.1, -0.05) is 45.0 Å². The SMILES string of the molecule is CC(C)(C)c1ccc(CCc2nnc(-c3ccc(O)cc3)o2)cc1. The van der Waals surface area contributed by atoms with Crippen molar-refractivity contribution in [2.24, 2.45) is 0 Å². The molecule has 1 aromatic heterocycles. The van der Waals surface area contributed by atoms with E-state index in [1.54, 1.807) is 24.3 Å². The van der Waals surface area contributed by atoms with Crippen LogP contribution in [0.3, 0.4) is 0 Å². The number of aromatic hydroxyl groups is 1. The predicted molar refractivity (Wildman–Crippen MR) is 93.9 cm³/mol. The van der Waals surface area contributed by atoms with Crippen LogP contribution in [0.15, 0.2) is 52.9 Å². The molecule has 0 saturated heterocycles. The number of aryl methyl sites for hydroxylation is 2. The number of aromatic nitrogens is 2. The van der Waals surface area contributed by atoms with Gasteiger partial charge in [-0.05, 0) is 47.2 Å². The molecule has 2 aromatic carbocycles. The largest absolute Gasteiger partial charge is 0.508 e. The van der Waals surface area contributed by atoms with Gasteiger partial charge in [-0.2, -0.15) is 0 Å². The molecule has 24 heavy (non-hydrogen) atoms. The first-order valence-corrected chi connectivity index (χ1v) is 8.13. The monoisotopic (exact) mass is 322 g/mol. The molecule has 3 aromatic rings. The summed E-state index contributed by atoms with van der Waals surface area (Å²) in [5, 5.41) is 17.5. The summed E-state index contributed by atoms with van der Waals surface area (Å²) in [6, 6.07) is 15.4. The van der Waals surface area contributed by atoms with Gasteiger partial charge in [-0.15, -0.1) is 10.2 Å². The maximum atomic E-state index is 9.32. The molecule has 1 heterocycles. The summed E-state index contributed by atoms with van der Waals surface area (Å²) in [5.74, 6) is 1.32. The number of benzene rings is 2. The van der Waals surface area contributed by atoms with E-state index in [0.29, 0.717) is 18.2 Å². The molecule has 1 N–H and O–H groups in total. The van der Waals surface area contributed by atoms with Crippen molar-refractivity contribution in [3.8, 4) is 17.2 Å². The van der Waals surface area contributed by atoms with Crippen LogP contribution < -0.4 is 0 Å². The Hall–Kier alpha value is -2.62. The van der Waals surface area contributed by atoms with Crippen LogP contribution in [0.25, 0.3) is 11.5 Å². The molecule has 0 bridgehead atoms. The lowest BCUT2D eigenvalue weighted by Gasteiger charge is -2.19. The van der Waals surface area contributed by atoms with Crippen molar-refractivity contribution in [2.45, 2.75) is 39.0 Å². The van der Waals surface area contributed by atoms with Crippen LogP contribution >= 0.6 is 0 Å². The zero-order valence-corrected chi connectivity index (χ0v) is 14.3. The van der Waals surface area contributed by atoms with E-state index in [-0.39, 0.29) is 11.2 Å². The lowest BCUT2D eigenvalue weighted by Crippen LogP contribution is -2.10. The Morgan fingerprint density at radius 2 is 1.54 bits per heavy atom. The highest BCUT2D eigenvalue weighted by Crippen LogP contribution is 2.23. The van der Waals surface area contributed by atoms with E-state index in [1.807, 2.05) is 0 Å². The molecule has 0 aliphatic carbocycles. The van der Waals surface area contributed by atoms with Crippen LogP contribution in [0.5, 0.6) is 5.75 Å². The lowest BCUT2D eigenvalue weighted by atomic mass is 9.86. The number of hydrogen-bond donors (Lipinski definition) is 1. The molecule has 0 amide bonds.